The molecule has 0 saturated heterocycles. The van der Waals surface area contributed by atoms with Gasteiger partial charge in [0, 0.05) is 11.9 Å². The number of aryl methyl sites for hydroxylation is 1. The van der Waals surface area contributed by atoms with Crippen molar-refractivity contribution in [3.05, 3.63) is 42.2 Å². The molecule has 2 heteroatoms. The minimum atomic E-state index is -0.328. The first-order valence-electron chi connectivity index (χ1n) is 7.59. The van der Waals surface area contributed by atoms with E-state index in [2.05, 4.69) is 11.1 Å². The van der Waals surface area contributed by atoms with Gasteiger partial charge in [-0.05, 0) is 37.3 Å². The highest BCUT2D eigenvalue weighted by Gasteiger charge is 2.11. The van der Waals surface area contributed by atoms with Crippen LogP contribution in [0.1, 0.15) is 50.6 Å². The number of rotatable bonds is 6. The van der Waals surface area contributed by atoms with Gasteiger partial charge in [-0.25, -0.2) is 0 Å². The highest BCUT2D eigenvalue weighted by Crippen LogP contribution is 2.26. The van der Waals surface area contributed by atoms with Gasteiger partial charge in [0.1, 0.15) is 0 Å². The van der Waals surface area contributed by atoms with Crippen molar-refractivity contribution in [2.45, 2.75) is 57.5 Å². The molecule has 1 aromatic rings. The number of allylic oxidation sites excluding steroid dienone is 1. The maximum Gasteiger partial charge on any atom is 0.0724 e. The molecule has 0 spiro atoms. The van der Waals surface area contributed by atoms with Gasteiger partial charge in [-0.3, -0.25) is 4.98 Å². The molecule has 0 amide bonds. The van der Waals surface area contributed by atoms with Crippen LogP contribution in [0.4, 0.5) is 0 Å². The molecule has 0 aromatic carbocycles. The van der Waals surface area contributed by atoms with Crippen molar-refractivity contribution in [3.63, 3.8) is 0 Å². The van der Waals surface area contributed by atoms with Gasteiger partial charge in [0.05, 0.1) is 6.10 Å². The van der Waals surface area contributed by atoms with E-state index in [1.807, 2.05) is 24.3 Å². The summed E-state index contributed by atoms with van der Waals surface area (Å²) in [6.07, 6.45) is 15.3. The van der Waals surface area contributed by atoms with E-state index in [1.165, 1.54) is 32.1 Å². The largest absolute Gasteiger partial charge is 0.389 e. The predicted octanol–water partition coefficient (Wildman–Crippen LogP) is 3.90. The fourth-order valence-corrected chi connectivity index (χ4v) is 2.79. The summed E-state index contributed by atoms with van der Waals surface area (Å²) in [6.45, 7) is 0. The molecule has 1 aliphatic carbocycles. The lowest BCUT2D eigenvalue weighted by Gasteiger charge is -2.19. The van der Waals surface area contributed by atoms with E-state index < -0.39 is 0 Å². The number of aliphatic hydroxyl groups is 1. The summed E-state index contributed by atoms with van der Waals surface area (Å²) in [5.41, 5.74) is 1.06. The Morgan fingerprint density at radius 3 is 2.84 bits per heavy atom. The SMILES string of the molecule is O[C@@H](/C=C/CC1CCCCC1)CCc1ccccn1. The van der Waals surface area contributed by atoms with Crippen molar-refractivity contribution in [1.29, 1.82) is 0 Å². The van der Waals surface area contributed by atoms with E-state index in [1.54, 1.807) is 6.20 Å². The first-order chi connectivity index (χ1) is 9.34. The molecule has 0 unspecified atom stereocenters. The molecule has 0 radical (unpaired) electrons. The number of aromatic nitrogens is 1. The minimum absolute atomic E-state index is 0.328. The minimum Gasteiger partial charge on any atom is -0.389 e. The highest BCUT2D eigenvalue weighted by atomic mass is 16.3. The van der Waals surface area contributed by atoms with Crippen LogP contribution in [0.15, 0.2) is 36.5 Å². The lowest BCUT2D eigenvalue weighted by Crippen LogP contribution is -2.07. The Morgan fingerprint density at radius 1 is 1.26 bits per heavy atom. The van der Waals surface area contributed by atoms with Crippen LogP contribution in [0.3, 0.4) is 0 Å². The standard InChI is InChI=1S/C17H25NO/c19-17(13-12-16-10-4-5-14-18-16)11-6-9-15-7-2-1-3-8-15/h4-6,10-11,14-15,17,19H,1-3,7-9,12-13H2/b11-6+/t17-/m0/s1. The topological polar surface area (TPSA) is 33.1 Å². The summed E-state index contributed by atoms with van der Waals surface area (Å²) in [5.74, 6) is 0.855. The smallest absolute Gasteiger partial charge is 0.0724 e. The van der Waals surface area contributed by atoms with Gasteiger partial charge in [-0.15, -0.1) is 0 Å². The lowest BCUT2D eigenvalue weighted by molar-refractivity contribution is 0.212. The Labute approximate surface area is 116 Å². The molecule has 1 saturated carbocycles. The van der Waals surface area contributed by atoms with Crippen LogP contribution in [0.5, 0.6) is 0 Å². The molecule has 0 aliphatic heterocycles. The van der Waals surface area contributed by atoms with Crippen LogP contribution in [0.25, 0.3) is 0 Å². The van der Waals surface area contributed by atoms with E-state index in [4.69, 9.17) is 0 Å². The summed E-state index contributed by atoms with van der Waals surface area (Å²) < 4.78 is 0. The summed E-state index contributed by atoms with van der Waals surface area (Å²) in [4.78, 5) is 4.27. The molecule has 2 nitrogen and oxygen atoms in total. The molecule has 1 heterocycles. The van der Waals surface area contributed by atoms with Gasteiger partial charge in [0.2, 0.25) is 0 Å². The molecule has 2 rings (SSSR count). The van der Waals surface area contributed by atoms with E-state index in [0.29, 0.717) is 0 Å². The second-order valence-corrected chi connectivity index (χ2v) is 5.59. The first-order valence-corrected chi connectivity index (χ1v) is 7.59. The van der Waals surface area contributed by atoms with Crippen molar-refractivity contribution in [1.82, 2.24) is 4.98 Å². The van der Waals surface area contributed by atoms with E-state index in [9.17, 15) is 5.11 Å². The third-order valence-corrected chi connectivity index (χ3v) is 3.97. The summed E-state index contributed by atoms with van der Waals surface area (Å²) >= 11 is 0. The van der Waals surface area contributed by atoms with Crippen LogP contribution in [-0.2, 0) is 6.42 Å². The zero-order chi connectivity index (χ0) is 13.3. The maximum absolute atomic E-state index is 9.93. The average molecular weight is 259 g/mol. The Balaban J connectivity index is 1.64. The molecule has 0 bridgehead atoms. The number of nitrogens with zero attached hydrogens (tertiary/aromatic N) is 1. The predicted molar refractivity (Wildman–Crippen MR) is 78.9 cm³/mol. The van der Waals surface area contributed by atoms with Crippen molar-refractivity contribution in [3.8, 4) is 0 Å². The molecule has 1 atom stereocenters. The molecule has 1 aliphatic rings. The molecular formula is C17H25NO. The van der Waals surface area contributed by atoms with Crippen LogP contribution >= 0.6 is 0 Å². The van der Waals surface area contributed by atoms with Crippen molar-refractivity contribution in [2.75, 3.05) is 0 Å². The Bertz CT molecular complexity index is 368. The Kier molecular flexibility index (Phi) is 6.09. The second-order valence-electron chi connectivity index (χ2n) is 5.59. The van der Waals surface area contributed by atoms with Crippen LogP contribution in [-0.4, -0.2) is 16.2 Å². The molecular weight excluding hydrogens is 234 g/mol. The Morgan fingerprint density at radius 2 is 2.11 bits per heavy atom. The quantitative estimate of drug-likeness (QED) is 0.786. The summed E-state index contributed by atoms with van der Waals surface area (Å²) in [6, 6.07) is 5.93. The van der Waals surface area contributed by atoms with Gasteiger partial charge in [-0.2, -0.15) is 0 Å². The van der Waals surface area contributed by atoms with Gasteiger partial charge < -0.3 is 5.11 Å². The van der Waals surface area contributed by atoms with Crippen molar-refractivity contribution >= 4 is 0 Å². The first kappa shape index (κ1) is 14.3. The van der Waals surface area contributed by atoms with Gasteiger partial charge >= 0.3 is 0 Å². The molecule has 104 valence electrons. The molecule has 1 N–H and O–H groups in total. The van der Waals surface area contributed by atoms with Gasteiger partial charge in [-0.1, -0.05) is 50.3 Å². The number of hydrogen-bond donors (Lipinski definition) is 1. The summed E-state index contributed by atoms with van der Waals surface area (Å²) in [5, 5.41) is 9.93. The molecule has 1 aromatic heterocycles. The number of hydrogen-bond acceptors (Lipinski definition) is 2. The fourth-order valence-electron chi connectivity index (χ4n) is 2.79. The van der Waals surface area contributed by atoms with Crippen LogP contribution in [0.2, 0.25) is 0 Å². The number of pyridine rings is 1. The maximum atomic E-state index is 9.93. The zero-order valence-corrected chi connectivity index (χ0v) is 11.7. The Hall–Kier alpha value is -1.15. The lowest BCUT2D eigenvalue weighted by atomic mass is 9.87. The monoisotopic (exact) mass is 259 g/mol. The van der Waals surface area contributed by atoms with Crippen molar-refractivity contribution < 1.29 is 5.11 Å². The van der Waals surface area contributed by atoms with E-state index in [0.717, 1.165) is 30.9 Å². The average Bonchev–Trinajstić information content (AvgIpc) is 2.47. The third kappa shape index (κ3) is 5.56. The summed E-state index contributed by atoms with van der Waals surface area (Å²) in [7, 11) is 0. The highest BCUT2D eigenvalue weighted by molar-refractivity contribution is 5.04. The molecule has 19 heavy (non-hydrogen) atoms. The third-order valence-electron chi connectivity index (χ3n) is 3.97. The second kappa shape index (κ2) is 8.11. The van der Waals surface area contributed by atoms with E-state index in [-0.39, 0.29) is 6.10 Å². The van der Waals surface area contributed by atoms with Gasteiger partial charge in [0.15, 0.2) is 0 Å². The normalized spacial score (nSPS) is 18.8. The van der Waals surface area contributed by atoms with Crippen LogP contribution in [0, 0.1) is 5.92 Å². The number of aliphatic hydroxyl groups excluding tert-OH is 1. The van der Waals surface area contributed by atoms with Crippen LogP contribution < -0.4 is 0 Å². The van der Waals surface area contributed by atoms with E-state index >= 15 is 0 Å². The fraction of sp³-hybridized carbons (Fsp3) is 0.588. The molecule has 1 fully saturated rings. The van der Waals surface area contributed by atoms with Crippen molar-refractivity contribution in [2.24, 2.45) is 5.92 Å². The van der Waals surface area contributed by atoms with Gasteiger partial charge in [0.25, 0.3) is 0 Å². The zero-order valence-electron chi connectivity index (χ0n) is 11.7.